The third kappa shape index (κ3) is 10.9. The minimum atomic E-state index is -1.33. The molecular weight excluding hydrogens is 558 g/mol. The number of aliphatic carboxylic acids is 1. The van der Waals surface area contributed by atoms with E-state index >= 15 is 0 Å². The van der Waals surface area contributed by atoms with Gasteiger partial charge in [-0.1, -0.05) is 38.5 Å². The van der Waals surface area contributed by atoms with Gasteiger partial charge in [0.05, 0.1) is 6.04 Å². The SMILES string of the molecule is CCC(C)C(N)C(=O)NC(Cc1c[nH]c2ccccc12)C(=O)NC(CCC(N)=O)C(=O)NC(CCCN=C(N)N)C(=O)O. The van der Waals surface area contributed by atoms with Crippen molar-refractivity contribution in [2.24, 2.45) is 33.8 Å². The fraction of sp³-hybridized carbons (Fsp3) is 0.500. The summed E-state index contributed by atoms with van der Waals surface area (Å²) in [5.74, 6) is -4.44. The Bertz CT molecular complexity index is 1310. The van der Waals surface area contributed by atoms with Gasteiger partial charge in [-0.15, -0.1) is 0 Å². The summed E-state index contributed by atoms with van der Waals surface area (Å²) in [6, 6.07) is 2.75. The van der Waals surface area contributed by atoms with E-state index in [-0.39, 0.29) is 50.5 Å². The van der Waals surface area contributed by atoms with Crippen molar-refractivity contribution in [3.8, 4) is 0 Å². The Morgan fingerprint density at radius 3 is 2.19 bits per heavy atom. The molecular formula is C28H43N9O6. The van der Waals surface area contributed by atoms with E-state index in [0.29, 0.717) is 6.42 Å². The van der Waals surface area contributed by atoms with Gasteiger partial charge in [-0.3, -0.25) is 24.2 Å². The smallest absolute Gasteiger partial charge is 0.326 e. The first-order valence-electron chi connectivity index (χ1n) is 14.1. The summed E-state index contributed by atoms with van der Waals surface area (Å²) in [5, 5.41) is 18.1. The zero-order chi connectivity index (χ0) is 32.1. The number of nitrogens with one attached hydrogen (secondary N) is 4. The van der Waals surface area contributed by atoms with Crippen LogP contribution in [0.5, 0.6) is 0 Å². The van der Waals surface area contributed by atoms with Crippen LogP contribution in [0.15, 0.2) is 35.5 Å². The Balaban J connectivity index is 2.29. The van der Waals surface area contributed by atoms with Crippen LogP contribution in [0.2, 0.25) is 0 Å². The molecule has 0 aliphatic rings. The molecule has 0 saturated carbocycles. The predicted molar refractivity (Wildman–Crippen MR) is 161 cm³/mol. The fourth-order valence-electron chi connectivity index (χ4n) is 4.37. The van der Waals surface area contributed by atoms with Crippen LogP contribution >= 0.6 is 0 Å². The molecule has 1 heterocycles. The summed E-state index contributed by atoms with van der Waals surface area (Å²) in [5.41, 5.74) is 23.5. The van der Waals surface area contributed by atoms with Crippen molar-refractivity contribution in [2.45, 2.75) is 76.5 Å². The number of benzene rings is 1. The van der Waals surface area contributed by atoms with Crippen molar-refractivity contribution in [3.63, 3.8) is 0 Å². The van der Waals surface area contributed by atoms with Crippen LogP contribution in [0.25, 0.3) is 10.9 Å². The lowest BCUT2D eigenvalue weighted by Gasteiger charge is -2.26. The maximum absolute atomic E-state index is 13.6. The van der Waals surface area contributed by atoms with Gasteiger partial charge in [0.2, 0.25) is 23.6 Å². The number of carbonyl (C=O) groups is 5. The molecule has 2 aromatic rings. The van der Waals surface area contributed by atoms with E-state index in [2.05, 4.69) is 25.9 Å². The Labute approximate surface area is 249 Å². The van der Waals surface area contributed by atoms with Crippen LogP contribution in [-0.4, -0.2) is 76.4 Å². The van der Waals surface area contributed by atoms with E-state index in [1.165, 1.54) is 0 Å². The number of carbonyl (C=O) groups excluding carboxylic acids is 4. The molecule has 15 heteroatoms. The standard InChI is InChI=1S/C28H43N9O6/c1-3-15(2)23(30)26(41)37-21(13-16-14-34-18-8-5-4-7-17(16)18)25(40)35-19(10-11-22(29)38)24(39)36-20(27(42)43)9-6-12-33-28(31)32/h4-5,7-8,14-15,19-21,23,34H,3,6,9-13,30H2,1-2H3,(H2,29,38)(H,35,40)(H,36,39)(H,37,41)(H,42,43)(H4,31,32,33). The number of carboxylic acid groups (broad SMARTS) is 1. The number of rotatable bonds is 18. The molecule has 4 amide bonds. The molecule has 43 heavy (non-hydrogen) atoms. The van der Waals surface area contributed by atoms with Gasteiger partial charge in [-0.05, 0) is 36.8 Å². The summed E-state index contributed by atoms with van der Waals surface area (Å²) in [7, 11) is 0. The average Bonchev–Trinajstić information content (AvgIpc) is 3.37. The lowest BCUT2D eigenvalue weighted by atomic mass is 9.98. The van der Waals surface area contributed by atoms with Crippen molar-refractivity contribution in [3.05, 3.63) is 36.0 Å². The number of nitrogens with two attached hydrogens (primary N) is 4. The highest BCUT2D eigenvalue weighted by atomic mass is 16.4. The number of guanidine groups is 1. The van der Waals surface area contributed by atoms with E-state index in [1.54, 1.807) is 6.20 Å². The van der Waals surface area contributed by atoms with Gasteiger partial charge in [0.1, 0.15) is 18.1 Å². The summed E-state index contributed by atoms with van der Waals surface area (Å²) in [4.78, 5) is 70.1. The zero-order valence-electron chi connectivity index (χ0n) is 24.5. The molecule has 0 spiro atoms. The van der Waals surface area contributed by atoms with E-state index in [9.17, 15) is 29.1 Å². The van der Waals surface area contributed by atoms with E-state index in [0.717, 1.165) is 16.5 Å². The molecule has 2 rings (SSSR count). The monoisotopic (exact) mass is 601 g/mol. The maximum atomic E-state index is 13.6. The first kappa shape index (κ1) is 34.5. The van der Waals surface area contributed by atoms with Gasteiger partial charge in [0.25, 0.3) is 0 Å². The number of hydrogen-bond acceptors (Lipinski definition) is 7. The number of aliphatic imine (C=N–C) groups is 1. The highest BCUT2D eigenvalue weighted by Crippen LogP contribution is 2.19. The highest BCUT2D eigenvalue weighted by Gasteiger charge is 2.31. The largest absolute Gasteiger partial charge is 0.480 e. The molecule has 5 unspecified atom stereocenters. The zero-order valence-corrected chi connectivity index (χ0v) is 24.5. The number of aromatic amines is 1. The molecule has 1 aromatic heterocycles. The molecule has 0 saturated heterocycles. The van der Waals surface area contributed by atoms with Crippen LogP contribution in [0, 0.1) is 5.92 Å². The minimum Gasteiger partial charge on any atom is -0.480 e. The lowest BCUT2D eigenvalue weighted by Crippen LogP contribution is -2.58. The van der Waals surface area contributed by atoms with E-state index in [1.807, 2.05) is 38.1 Å². The van der Waals surface area contributed by atoms with Crippen LogP contribution < -0.4 is 38.9 Å². The topological polar surface area (TPSA) is 274 Å². The van der Waals surface area contributed by atoms with Crippen LogP contribution in [0.3, 0.4) is 0 Å². The molecule has 5 atom stereocenters. The molecule has 236 valence electrons. The van der Waals surface area contributed by atoms with Gasteiger partial charge < -0.3 is 49.0 Å². The van der Waals surface area contributed by atoms with Crippen molar-refractivity contribution in [1.82, 2.24) is 20.9 Å². The van der Waals surface area contributed by atoms with E-state index < -0.39 is 53.8 Å². The molecule has 13 N–H and O–H groups in total. The molecule has 1 aromatic carbocycles. The Morgan fingerprint density at radius 1 is 0.930 bits per heavy atom. The van der Waals surface area contributed by atoms with Gasteiger partial charge in [-0.25, -0.2) is 4.79 Å². The number of hydrogen-bond donors (Lipinski definition) is 9. The molecule has 0 bridgehead atoms. The maximum Gasteiger partial charge on any atom is 0.326 e. The molecule has 15 nitrogen and oxygen atoms in total. The second-order valence-electron chi connectivity index (χ2n) is 10.5. The number of para-hydroxylation sites is 1. The number of carboxylic acids is 1. The number of fused-ring (bicyclic) bond motifs is 1. The number of primary amides is 1. The van der Waals surface area contributed by atoms with Crippen LogP contribution in [-0.2, 0) is 30.4 Å². The number of aromatic nitrogens is 1. The summed E-state index contributed by atoms with van der Waals surface area (Å²) >= 11 is 0. The minimum absolute atomic E-state index is 0.00108. The molecule has 0 radical (unpaired) electrons. The Kier molecular flexibility index (Phi) is 13.4. The molecule has 0 aliphatic carbocycles. The summed E-state index contributed by atoms with van der Waals surface area (Å²) in [6.45, 7) is 3.86. The van der Waals surface area contributed by atoms with Crippen molar-refractivity contribution in [2.75, 3.05) is 6.54 Å². The average molecular weight is 602 g/mol. The van der Waals surface area contributed by atoms with E-state index in [4.69, 9.17) is 22.9 Å². The predicted octanol–water partition coefficient (Wildman–Crippen LogP) is -1.06. The number of amides is 4. The normalized spacial score (nSPS) is 14.5. The lowest BCUT2D eigenvalue weighted by molar-refractivity contribution is -0.142. The summed E-state index contributed by atoms with van der Waals surface area (Å²) < 4.78 is 0. The second-order valence-corrected chi connectivity index (χ2v) is 10.5. The van der Waals surface area contributed by atoms with Crippen molar-refractivity contribution >= 4 is 46.5 Å². The van der Waals surface area contributed by atoms with Crippen LogP contribution in [0.4, 0.5) is 0 Å². The first-order valence-corrected chi connectivity index (χ1v) is 14.1. The fourth-order valence-corrected chi connectivity index (χ4v) is 4.37. The third-order valence-corrected chi connectivity index (χ3v) is 7.16. The van der Waals surface area contributed by atoms with Gasteiger partial charge in [0.15, 0.2) is 5.96 Å². The van der Waals surface area contributed by atoms with Gasteiger partial charge >= 0.3 is 5.97 Å². The molecule has 0 aliphatic heterocycles. The highest BCUT2D eigenvalue weighted by molar-refractivity contribution is 5.95. The van der Waals surface area contributed by atoms with Gasteiger partial charge in [-0.2, -0.15) is 0 Å². The first-order chi connectivity index (χ1) is 20.3. The van der Waals surface area contributed by atoms with Crippen molar-refractivity contribution in [1.29, 1.82) is 0 Å². The number of H-pyrrole nitrogens is 1. The molecule has 0 fully saturated rings. The number of nitrogens with zero attached hydrogens (tertiary/aromatic N) is 1. The van der Waals surface area contributed by atoms with Crippen molar-refractivity contribution < 1.29 is 29.1 Å². The van der Waals surface area contributed by atoms with Crippen LogP contribution in [0.1, 0.15) is 51.5 Å². The van der Waals surface area contributed by atoms with Gasteiger partial charge in [0, 0.05) is 36.5 Å². The Hall–Kier alpha value is -4.66. The quantitative estimate of drug-likeness (QED) is 0.0571. The second kappa shape index (κ2) is 16.7. The Morgan fingerprint density at radius 2 is 1.56 bits per heavy atom. The third-order valence-electron chi connectivity index (χ3n) is 7.16. The summed E-state index contributed by atoms with van der Waals surface area (Å²) in [6.07, 6.45) is 2.21.